The number of phenolic OH excluding ortho intramolecular Hbond substituents is 2. The van der Waals surface area contributed by atoms with Crippen LogP contribution in [0.25, 0.3) is 0 Å². The average Bonchev–Trinajstić information content (AvgIpc) is 2.48. The normalized spacial score (nSPS) is 13.8. The SMILES string of the molecule is CC(C)(C)C(=O)C(C(=O)C(C)(C)C)c1c([C@@H](O)CN)ccc(O)c1O. The number of nitrogens with two attached hydrogens (primary N) is 1. The summed E-state index contributed by atoms with van der Waals surface area (Å²) in [5, 5.41) is 30.5. The lowest BCUT2D eigenvalue weighted by Crippen LogP contribution is -2.38. The van der Waals surface area contributed by atoms with Gasteiger partial charge in [-0.1, -0.05) is 47.6 Å². The molecule has 140 valence electrons. The molecular weight excluding hydrogens is 322 g/mol. The molecule has 0 spiro atoms. The summed E-state index contributed by atoms with van der Waals surface area (Å²) >= 11 is 0. The molecule has 6 nitrogen and oxygen atoms in total. The highest BCUT2D eigenvalue weighted by atomic mass is 16.3. The topological polar surface area (TPSA) is 121 Å². The third-order valence-electron chi connectivity index (χ3n) is 4.10. The summed E-state index contributed by atoms with van der Waals surface area (Å²) in [5.41, 5.74) is 3.88. The molecule has 0 saturated heterocycles. The summed E-state index contributed by atoms with van der Waals surface area (Å²) in [4.78, 5) is 26.1. The molecule has 1 aromatic rings. The van der Waals surface area contributed by atoms with Crippen molar-refractivity contribution in [3.63, 3.8) is 0 Å². The first-order chi connectivity index (χ1) is 11.2. The Bertz CT molecular complexity index is 642. The van der Waals surface area contributed by atoms with Crippen LogP contribution in [0.3, 0.4) is 0 Å². The van der Waals surface area contributed by atoms with Crippen molar-refractivity contribution in [2.45, 2.75) is 53.6 Å². The van der Waals surface area contributed by atoms with Crippen molar-refractivity contribution in [3.05, 3.63) is 23.3 Å². The molecule has 0 aliphatic rings. The van der Waals surface area contributed by atoms with Gasteiger partial charge in [-0.25, -0.2) is 0 Å². The van der Waals surface area contributed by atoms with Crippen LogP contribution in [-0.2, 0) is 9.59 Å². The van der Waals surface area contributed by atoms with Crippen LogP contribution < -0.4 is 5.73 Å². The van der Waals surface area contributed by atoms with E-state index < -0.39 is 45.9 Å². The van der Waals surface area contributed by atoms with E-state index in [2.05, 4.69) is 0 Å². The van der Waals surface area contributed by atoms with E-state index in [-0.39, 0.29) is 17.7 Å². The zero-order valence-electron chi connectivity index (χ0n) is 15.8. The van der Waals surface area contributed by atoms with E-state index in [1.54, 1.807) is 41.5 Å². The molecule has 5 N–H and O–H groups in total. The quantitative estimate of drug-likeness (QED) is 0.477. The number of carbonyl (C=O) groups excluding carboxylic acids is 2. The maximum atomic E-state index is 13.1. The number of benzene rings is 1. The van der Waals surface area contributed by atoms with Gasteiger partial charge in [-0.3, -0.25) is 9.59 Å². The molecule has 0 unspecified atom stereocenters. The minimum Gasteiger partial charge on any atom is -0.504 e. The molecule has 0 amide bonds. The first-order valence-electron chi connectivity index (χ1n) is 8.25. The molecule has 0 aromatic heterocycles. The fraction of sp³-hybridized carbons (Fsp3) is 0.579. The molecule has 0 aliphatic carbocycles. The third kappa shape index (κ3) is 4.38. The number of phenols is 2. The molecule has 0 aliphatic heterocycles. The van der Waals surface area contributed by atoms with Gasteiger partial charge >= 0.3 is 0 Å². The average molecular weight is 351 g/mol. The highest BCUT2D eigenvalue weighted by molar-refractivity contribution is 6.12. The van der Waals surface area contributed by atoms with Gasteiger partial charge in [-0.15, -0.1) is 0 Å². The van der Waals surface area contributed by atoms with Crippen LogP contribution in [0.2, 0.25) is 0 Å². The van der Waals surface area contributed by atoms with Crippen LogP contribution in [0.5, 0.6) is 11.5 Å². The first kappa shape index (κ1) is 21.1. The molecule has 1 rings (SSSR count). The van der Waals surface area contributed by atoms with Crippen LogP contribution in [0.15, 0.2) is 12.1 Å². The fourth-order valence-electron chi connectivity index (χ4n) is 2.58. The predicted octanol–water partition coefficient (Wildman–Crippen LogP) is 2.40. The summed E-state index contributed by atoms with van der Waals surface area (Å²) in [6, 6.07) is 2.58. The second-order valence-electron chi connectivity index (χ2n) is 8.35. The smallest absolute Gasteiger partial charge is 0.162 e. The van der Waals surface area contributed by atoms with Gasteiger partial charge in [0.2, 0.25) is 0 Å². The highest BCUT2D eigenvalue weighted by Gasteiger charge is 2.43. The second-order valence-corrected chi connectivity index (χ2v) is 8.35. The van der Waals surface area contributed by atoms with Gasteiger partial charge < -0.3 is 21.1 Å². The summed E-state index contributed by atoms with van der Waals surface area (Å²) in [6.07, 6.45) is -1.18. The standard InChI is InChI=1S/C19H29NO5/c1-18(2,3)16(24)14(17(25)19(4,5)6)13-10(12(22)9-20)7-8-11(21)15(13)23/h7-8,12,14,21-23H,9,20H2,1-6H3/t12-/m0/s1. The van der Waals surface area contributed by atoms with Crippen LogP contribution in [0.1, 0.15) is 64.7 Å². The maximum Gasteiger partial charge on any atom is 0.162 e. The number of aliphatic hydroxyl groups excluding tert-OH is 1. The van der Waals surface area contributed by atoms with Gasteiger partial charge in [0.1, 0.15) is 5.92 Å². The van der Waals surface area contributed by atoms with Gasteiger partial charge in [-0.2, -0.15) is 0 Å². The number of hydrogen-bond acceptors (Lipinski definition) is 6. The number of hydrogen-bond donors (Lipinski definition) is 4. The van der Waals surface area contributed by atoms with Crippen molar-refractivity contribution in [1.29, 1.82) is 0 Å². The number of ketones is 2. The minimum atomic E-state index is -1.32. The lowest BCUT2D eigenvalue weighted by molar-refractivity contribution is -0.137. The largest absolute Gasteiger partial charge is 0.504 e. The van der Waals surface area contributed by atoms with Crippen LogP contribution in [-0.4, -0.2) is 33.4 Å². The van der Waals surface area contributed by atoms with Crippen molar-refractivity contribution >= 4 is 11.6 Å². The summed E-state index contributed by atoms with van der Waals surface area (Å²) < 4.78 is 0. The Morgan fingerprint density at radius 1 is 1.00 bits per heavy atom. The van der Waals surface area contributed by atoms with Crippen molar-refractivity contribution in [3.8, 4) is 11.5 Å². The van der Waals surface area contributed by atoms with E-state index in [0.29, 0.717) is 0 Å². The van der Waals surface area contributed by atoms with Gasteiger partial charge in [-0.05, 0) is 11.6 Å². The molecule has 6 heteroatoms. The van der Waals surface area contributed by atoms with Gasteiger partial charge in [0.05, 0.1) is 6.10 Å². The number of rotatable bonds is 5. The molecular formula is C19H29NO5. The van der Waals surface area contributed by atoms with Crippen molar-refractivity contribution in [2.24, 2.45) is 16.6 Å². The molecule has 0 saturated carbocycles. The number of aliphatic hydroxyl groups is 1. The minimum absolute atomic E-state index is 0.0715. The zero-order chi connectivity index (χ0) is 19.7. The fourth-order valence-corrected chi connectivity index (χ4v) is 2.58. The van der Waals surface area contributed by atoms with Crippen LogP contribution >= 0.6 is 0 Å². The summed E-state index contributed by atoms with van der Waals surface area (Å²) in [7, 11) is 0. The highest BCUT2D eigenvalue weighted by Crippen LogP contribution is 2.44. The molecule has 0 fully saturated rings. The van der Waals surface area contributed by atoms with Crippen molar-refractivity contribution in [2.75, 3.05) is 6.54 Å². The van der Waals surface area contributed by atoms with E-state index in [1.807, 2.05) is 0 Å². The molecule has 25 heavy (non-hydrogen) atoms. The molecule has 0 bridgehead atoms. The first-order valence-corrected chi connectivity index (χ1v) is 8.25. The van der Waals surface area contributed by atoms with E-state index >= 15 is 0 Å². The Balaban J connectivity index is 3.80. The Hall–Kier alpha value is -1.92. The molecule has 0 heterocycles. The molecule has 0 radical (unpaired) electrons. The Morgan fingerprint density at radius 3 is 1.80 bits per heavy atom. The van der Waals surface area contributed by atoms with E-state index in [4.69, 9.17) is 5.73 Å². The zero-order valence-corrected chi connectivity index (χ0v) is 15.8. The lowest BCUT2D eigenvalue weighted by Gasteiger charge is -2.31. The number of Topliss-reactive ketones (excluding diaryl/α,β-unsaturated/α-hetero) is 2. The monoisotopic (exact) mass is 351 g/mol. The van der Waals surface area contributed by atoms with Crippen LogP contribution in [0.4, 0.5) is 0 Å². The lowest BCUT2D eigenvalue weighted by atomic mass is 9.70. The Kier molecular flexibility index (Phi) is 6.03. The van der Waals surface area contributed by atoms with Gasteiger partial charge in [0.15, 0.2) is 23.1 Å². The second kappa shape index (κ2) is 7.14. The Labute approximate surface area is 148 Å². The number of aromatic hydroxyl groups is 2. The predicted molar refractivity (Wildman–Crippen MR) is 95.5 cm³/mol. The Morgan fingerprint density at radius 2 is 1.44 bits per heavy atom. The van der Waals surface area contributed by atoms with E-state index in [9.17, 15) is 24.9 Å². The van der Waals surface area contributed by atoms with E-state index in [1.165, 1.54) is 12.1 Å². The summed E-state index contributed by atoms with van der Waals surface area (Å²) in [6.45, 7) is 9.91. The van der Waals surface area contributed by atoms with Gasteiger partial charge in [0.25, 0.3) is 0 Å². The van der Waals surface area contributed by atoms with Crippen molar-refractivity contribution in [1.82, 2.24) is 0 Å². The molecule has 1 aromatic carbocycles. The number of carbonyl (C=O) groups is 2. The third-order valence-corrected chi connectivity index (χ3v) is 4.10. The van der Waals surface area contributed by atoms with Gasteiger partial charge in [0, 0.05) is 22.9 Å². The maximum absolute atomic E-state index is 13.1. The van der Waals surface area contributed by atoms with E-state index in [0.717, 1.165) is 0 Å². The van der Waals surface area contributed by atoms with Crippen LogP contribution in [0, 0.1) is 10.8 Å². The molecule has 1 atom stereocenters. The summed E-state index contributed by atoms with van der Waals surface area (Å²) in [5.74, 6) is -3.16. The van der Waals surface area contributed by atoms with Crippen molar-refractivity contribution < 1.29 is 24.9 Å².